The van der Waals surface area contributed by atoms with Gasteiger partial charge in [-0.05, 0) is 31.0 Å². The minimum absolute atomic E-state index is 0.359. The molecule has 0 fully saturated rings. The molecule has 1 aromatic rings. The van der Waals surface area contributed by atoms with E-state index in [4.69, 9.17) is 23.2 Å². The standard InChI is InChI=1S/C12H12Cl2/c1-3-4-9(2)7-10-5-6-11(13)12(14)8-10/h5-6,8-9H,7H2,1-2H3. The first kappa shape index (κ1) is 11.4. The van der Waals surface area contributed by atoms with Gasteiger partial charge in [0, 0.05) is 5.92 Å². The molecule has 0 saturated carbocycles. The number of hydrogen-bond acceptors (Lipinski definition) is 0. The second kappa shape index (κ2) is 5.29. The van der Waals surface area contributed by atoms with Crippen molar-refractivity contribution in [1.29, 1.82) is 0 Å². The molecule has 0 bridgehead atoms. The Morgan fingerprint density at radius 2 is 2.00 bits per heavy atom. The SMILES string of the molecule is CC#CC(C)Cc1ccc(Cl)c(Cl)c1. The Labute approximate surface area is 95.2 Å². The second-order valence-corrected chi connectivity index (χ2v) is 4.06. The van der Waals surface area contributed by atoms with E-state index in [1.807, 2.05) is 25.1 Å². The van der Waals surface area contributed by atoms with Crippen LogP contribution >= 0.6 is 23.2 Å². The molecule has 0 saturated heterocycles. The van der Waals surface area contributed by atoms with E-state index in [-0.39, 0.29) is 0 Å². The van der Waals surface area contributed by atoms with Crippen LogP contribution in [0.5, 0.6) is 0 Å². The molecule has 0 N–H and O–H groups in total. The highest BCUT2D eigenvalue weighted by atomic mass is 35.5. The Morgan fingerprint density at radius 3 is 2.57 bits per heavy atom. The van der Waals surface area contributed by atoms with Crippen LogP contribution in [0.25, 0.3) is 0 Å². The Hall–Kier alpha value is -0.640. The van der Waals surface area contributed by atoms with E-state index in [2.05, 4.69) is 18.8 Å². The lowest BCUT2D eigenvalue weighted by atomic mass is 10.0. The fourth-order valence-electron chi connectivity index (χ4n) is 1.32. The van der Waals surface area contributed by atoms with Crippen LogP contribution in [0.15, 0.2) is 18.2 Å². The van der Waals surface area contributed by atoms with Gasteiger partial charge in [0.15, 0.2) is 0 Å². The zero-order valence-corrected chi connectivity index (χ0v) is 9.78. The molecule has 0 aliphatic heterocycles. The van der Waals surface area contributed by atoms with Crippen LogP contribution in [-0.4, -0.2) is 0 Å². The summed E-state index contributed by atoms with van der Waals surface area (Å²) in [5, 5.41) is 1.21. The molecule has 0 spiro atoms. The first-order chi connectivity index (χ1) is 6.63. The summed E-state index contributed by atoms with van der Waals surface area (Å²) in [5.74, 6) is 6.37. The van der Waals surface area contributed by atoms with Gasteiger partial charge in [-0.3, -0.25) is 0 Å². The maximum absolute atomic E-state index is 5.91. The molecular weight excluding hydrogens is 215 g/mol. The van der Waals surface area contributed by atoms with Gasteiger partial charge in [0.2, 0.25) is 0 Å². The predicted octanol–water partition coefficient (Wildman–Crippen LogP) is 4.20. The molecule has 0 heterocycles. The fraction of sp³-hybridized carbons (Fsp3) is 0.333. The van der Waals surface area contributed by atoms with Crippen LogP contribution in [0.2, 0.25) is 10.0 Å². The van der Waals surface area contributed by atoms with Crippen LogP contribution in [0.1, 0.15) is 19.4 Å². The van der Waals surface area contributed by atoms with Crippen LogP contribution in [0.3, 0.4) is 0 Å². The zero-order chi connectivity index (χ0) is 10.6. The summed E-state index contributed by atoms with van der Waals surface area (Å²) in [7, 11) is 0. The van der Waals surface area contributed by atoms with Gasteiger partial charge in [-0.1, -0.05) is 36.2 Å². The van der Waals surface area contributed by atoms with E-state index in [0.29, 0.717) is 16.0 Å². The van der Waals surface area contributed by atoms with E-state index in [0.717, 1.165) is 6.42 Å². The van der Waals surface area contributed by atoms with E-state index in [1.165, 1.54) is 5.56 Å². The minimum Gasteiger partial charge on any atom is -0.106 e. The highest BCUT2D eigenvalue weighted by Crippen LogP contribution is 2.23. The Morgan fingerprint density at radius 1 is 1.29 bits per heavy atom. The van der Waals surface area contributed by atoms with Crippen LogP contribution in [0.4, 0.5) is 0 Å². The minimum atomic E-state index is 0.359. The van der Waals surface area contributed by atoms with Crippen LogP contribution in [-0.2, 0) is 6.42 Å². The average Bonchev–Trinajstić information content (AvgIpc) is 2.12. The van der Waals surface area contributed by atoms with Crippen molar-refractivity contribution < 1.29 is 0 Å². The van der Waals surface area contributed by atoms with Crippen molar-refractivity contribution in [2.75, 3.05) is 0 Å². The third kappa shape index (κ3) is 3.25. The van der Waals surface area contributed by atoms with Crippen molar-refractivity contribution >= 4 is 23.2 Å². The Balaban J connectivity index is 2.76. The molecule has 1 atom stereocenters. The van der Waals surface area contributed by atoms with Crippen molar-refractivity contribution in [3.05, 3.63) is 33.8 Å². The molecule has 74 valence electrons. The zero-order valence-electron chi connectivity index (χ0n) is 8.27. The maximum Gasteiger partial charge on any atom is 0.0595 e. The molecule has 14 heavy (non-hydrogen) atoms. The van der Waals surface area contributed by atoms with Crippen LogP contribution < -0.4 is 0 Å². The van der Waals surface area contributed by atoms with Gasteiger partial charge >= 0.3 is 0 Å². The van der Waals surface area contributed by atoms with E-state index < -0.39 is 0 Å². The number of benzene rings is 1. The van der Waals surface area contributed by atoms with Gasteiger partial charge in [0.05, 0.1) is 10.0 Å². The monoisotopic (exact) mass is 226 g/mol. The predicted molar refractivity (Wildman–Crippen MR) is 62.8 cm³/mol. The van der Waals surface area contributed by atoms with Crippen molar-refractivity contribution in [3.63, 3.8) is 0 Å². The second-order valence-electron chi connectivity index (χ2n) is 3.25. The Kier molecular flexibility index (Phi) is 4.32. The molecule has 0 aliphatic rings. The molecule has 0 aliphatic carbocycles. The van der Waals surface area contributed by atoms with Crippen molar-refractivity contribution in [3.8, 4) is 11.8 Å². The summed E-state index contributed by atoms with van der Waals surface area (Å²) in [6.07, 6.45) is 0.914. The summed E-state index contributed by atoms with van der Waals surface area (Å²) < 4.78 is 0. The summed E-state index contributed by atoms with van der Waals surface area (Å²) in [6, 6.07) is 5.71. The fourth-order valence-corrected chi connectivity index (χ4v) is 1.64. The van der Waals surface area contributed by atoms with Gasteiger partial charge in [0.25, 0.3) is 0 Å². The first-order valence-electron chi connectivity index (χ1n) is 4.49. The van der Waals surface area contributed by atoms with Gasteiger partial charge in [-0.2, -0.15) is 0 Å². The first-order valence-corrected chi connectivity index (χ1v) is 5.25. The van der Waals surface area contributed by atoms with Gasteiger partial charge in [-0.15, -0.1) is 11.8 Å². The largest absolute Gasteiger partial charge is 0.106 e. The van der Waals surface area contributed by atoms with E-state index in [1.54, 1.807) is 0 Å². The average molecular weight is 227 g/mol. The molecule has 1 rings (SSSR count). The molecule has 1 unspecified atom stereocenters. The third-order valence-corrected chi connectivity index (χ3v) is 2.66. The van der Waals surface area contributed by atoms with Crippen molar-refractivity contribution in [1.82, 2.24) is 0 Å². The lowest BCUT2D eigenvalue weighted by Gasteiger charge is -2.05. The highest BCUT2D eigenvalue weighted by Gasteiger charge is 2.02. The summed E-state index contributed by atoms with van der Waals surface area (Å²) in [5.41, 5.74) is 1.18. The molecule has 0 aromatic heterocycles. The smallest absolute Gasteiger partial charge is 0.0595 e. The molecule has 0 amide bonds. The van der Waals surface area contributed by atoms with E-state index >= 15 is 0 Å². The van der Waals surface area contributed by atoms with E-state index in [9.17, 15) is 0 Å². The molecule has 2 heteroatoms. The molecular formula is C12H12Cl2. The number of rotatable bonds is 2. The lowest BCUT2D eigenvalue weighted by Crippen LogP contribution is -1.96. The molecule has 0 nitrogen and oxygen atoms in total. The van der Waals surface area contributed by atoms with Gasteiger partial charge < -0.3 is 0 Å². The normalized spacial score (nSPS) is 11.7. The van der Waals surface area contributed by atoms with Gasteiger partial charge in [0.1, 0.15) is 0 Å². The summed E-state index contributed by atoms with van der Waals surface area (Å²) >= 11 is 11.7. The maximum atomic E-state index is 5.91. The summed E-state index contributed by atoms with van der Waals surface area (Å²) in [6.45, 7) is 3.95. The Bertz CT molecular complexity index is 372. The van der Waals surface area contributed by atoms with Crippen molar-refractivity contribution in [2.45, 2.75) is 20.3 Å². The topological polar surface area (TPSA) is 0 Å². The number of halogens is 2. The lowest BCUT2D eigenvalue weighted by molar-refractivity contribution is 0.750. The van der Waals surface area contributed by atoms with Gasteiger partial charge in [-0.25, -0.2) is 0 Å². The highest BCUT2D eigenvalue weighted by molar-refractivity contribution is 6.42. The summed E-state index contributed by atoms with van der Waals surface area (Å²) in [4.78, 5) is 0. The quantitative estimate of drug-likeness (QED) is 0.664. The van der Waals surface area contributed by atoms with Crippen molar-refractivity contribution in [2.24, 2.45) is 5.92 Å². The molecule has 0 radical (unpaired) electrons. The number of hydrogen-bond donors (Lipinski definition) is 0. The third-order valence-electron chi connectivity index (χ3n) is 1.92. The van der Waals surface area contributed by atoms with Crippen LogP contribution in [0, 0.1) is 17.8 Å². The molecule has 1 aromatic carbocycles.